The predicted octanol–water partition coefficient (Wildman–Crippen LogP) is 3.09. The van der Waals surface area contributed by atoms with Gasteiger partial charge in [0.2, 0.25) is 0 Å². The number of nitrogens with two attached hydrogens (primary N) is 1. The van der Waals surface area contributed by atoms with E-state index in [0.717, 1.165) is 49.0 Å². The summed E-state index contributed by atoms with van der Waals surface area (Å²) in [4.78, 5) is 30.9. The van der Waals surface area contributed by atoms with Crippen molar-refractivity contribution in [2.75, 3.05) is 5.32 Å². The Morgan fingerprint density at radius 2 is 1.93 bits per heavy atom. The first-order valence-electron chi connectivity index (χ1n) is 9.99. The summed E-state index contributed by atoms with van der Waals surface area (Å²) in [6.45, 7) is 5.68. The van der Waals surface area contributed by atoms with Crippen molar-refractivity contribution in [3.63, 3.8) is 0 Å². The Bertz CT molecular complexity index is 829. The molecule has 3 atom stereocenters. The van der Waals surface area contributed by atoms with Gasteiger partial charge < -0.3 is 20.7 Å². The van der Waals surface area contributed by atoms with Gasteiger partial charge in [0.25, 0.3) is 5.91 Å². The number of hydrogen-bond donors (Lipinski definition) is 2. The average molecular weight is 384 g/mol. The molecule has 0 saturated carbocycles. The van der Waals surface area contributed by atoms with E-state index >= 15 is 0 Å². The van der Waals surface area contributed by atoms with E-state index in [1.165, 1.54) is 0 Å². The van der Waals surface area contributed by atoms with E-state index in [2.05, 4.69) is 10.3 Å². The SMILES string of the molecule is CC(C)(C)OC(=O)N1[C@@H]2CC[C@H]1CC(Nc1c(C(N)=O)cnc3c1C=CC3)C2. The summed E-state index contributed by atoms with van der Waals surface area (Å²) in [6.07, 6.45) is 9.79. The van der Waals surface area contributed by atoms with Crippen LogP contribution in [0.3, 0.4) is 0 Å². The number of carbonyl (C=O) groups excluding carboxylic acids is 2. The fourth-order valence-corrected chi connectivity index (χ4v) is 4.65. The third-order valence-electron chi connectivity index (χ3n) is 5.75. The van der Waals surface area contributed by atoms with Gasteiger partial charge in [-0.1, -0.05) is 12.2 Å². The fraction of sp³-hybridized carbons (Fsp3) is 0.571. The number of rotatable bonds is 3. The molecule has 150 valence electrons. The number of piperidine rings is 1. The third kappa shape index (κ3) is 3.45. The first-order chi connectivity index (χ1) is 13.2. The summed E-state index contributed by atoms with van der Waals surface area (Å²) in [5.74, 6) is -0.479. The summed E-state index contributed by atoms with van der Waals surface area (Å²) in [5.41, 5.74) is 8.21. The molecule has 3 aliphatic rings. The van der Waals surface area contributed by atoms with Crippen molar-refractivity contribution in [2.45, 2.75) is 76.6 Å². The van der Waals surface area contributed by atoms with Crippen molar-refractivity contribution in [1.29, 1.82) is 0 Å². The molecule has 0 aromatic carbocycles. The standard InChI is InChI=1S/C21H28N4O3/c1-21(2,3)28-20(27)25-13-7-8-14(25)10-12(9-13)24-18-15-5-4-6-17(15)23-11-16(18)19(22)26/h4-5,11-14H,6-10H2,1-3H3,(H2,22,26)(H,23,24)/t12?,13-,14+. The first kappa shape index (κ1) is 18.8. The minimum absolute atomic E-state index is 0.161. The molecule has 0 radical (unpaired) electrons. The molecule has 7 nitrogen and oxygen atoms in total. The molecule has 3 heterocycles. The van der Waals surface area contributed by atoms with Gasteiger partial charge in [-0.25, -0.2) is 4.79 Å². The number of aromatic nitrogens is 1. The monoisotopic (exact) mass is 384 g/mol. The number of fused-ring (bicyclic) bond motifs is 3. The predicted molar refractivity (Wildman–Crippen MR) is 107 cm³/mol. The van der Waals surface area contributed by atoms with E-state index in [4.69, 9.17) is 10.5 Å². The van der Waals surface area contributed by atoms with Crippen molar-refractivity contribution < 1.29 is 14.3 Å². The van der Waals surface area contributed by atoms with Gasteiger partial charge in [-0.2, -0.15) is 0 Å². The number of allylic oxidation sites excluding steroid dienone is 1. The molecule has 1 aliphatic carbocycles. The number of nitrogens with one attached hydrogen (secondary N) is 1. The molecule has 1 unspecified atom stereocenters. The van der Waals surface area contributed by atoms with Crippen LogP contribution in [0, 0.1) is 0 Å². The summed E-state index contributed by atoms with van der Waals surface area (Å²) in [5, 5.41) is 3.57. The van der Waals surface area contributed by atoms with Crippen LogP contribution in [0.5, 0.6) is 0 Å². The Hall–Kier alpha value is -2.57. The Morgan fingerprint density at radius 3 is 2.54 bits per heavy atom. The molecule has 2 fully saturated rings. The lowest BCUT2D eigenvalue weighted by atomic mass is 9.96. The van der Waals surface area contributed by atoms with Gasteiger partial charge in [-0.3, -0.25) is 9.78 Å². The molecule has 0 spiro atoms. The lowest BCUT2D eigenvalue weighted by Gasteiger charge is -2.40. The van der Waals surface area contributed by atoms with Gasteiger partial charge in [0, 0.05) is 36.3 Å². The van der Waals surface area contributed by atoms with Gasteiger partial charge in [0.15, 0.2) is 0 Å². The molecule has 2 aliphatic heterocycles. The number of nitrogens with zero attached hydrogens (tertiary/aromatic N) is 2. The van der Waals surface area contributed by atoms with Crippen LogP contribution in [0.1, 0.15) is 68.1 Å². The van der Waals surface area contributed by atoms with Crippen LogP contribution >= 0.6 is 0 Å². The molecule has 2 amide bonds. The van der Waals surface area contributed by atoms with Crippen molar-refractivity contribution >= 4 is 23.8 Å². The van der Waals surface area contributed by atoms with E-state index in [1.54, 1.807) is 6.20 Å². The van der Waals surface area contributed by atoms with Gasteiger partial charge in [-0.05, 0) is 46.5 Å². The Kier molecular flexibility index (Phi) is 4.56. The maximum absolute atomic E-state index is 12.6. The Labute approximate surface area is 165 Å². The minimum atomic E-state index is -0.494. The molecular formula is C21H28N4O3. The summed E-state index contributed by atoms with van der Waals surface area (Å²) >= 11 is 0. The zero-order valence-corrected chi connectivity index (χ0v) is 16.7. The molecule has 3 N–H and O–H groups in total. The van der Waals surface area contributed by atoms with Crippen LogP contribution in [-0.2, 0) is 11.2 Å². The van der Waals surface area contributed by atoms with Gasteiger partial charge >= 0.3 is 6.09 Å². The number of amides is 2. The first-order valence-corrected chi connectivity index (χ1v) is 9.99. The summed E-state index contributed by atoms with van der Waals surface area (Å²) in [7, 11) is 0. The van der Waals surface area contributed by atoms with Crippen LogP contribution in [-0.4, -0.2) is 45.6 Å². The van der Waals surface area contributed by atoms with E-state index < -0.39 is 11.5 Å². The molecule has 1 aromatic heterocycles. The maximum atomic E-state index is 12.6. The lowest BCUT2D eigenvalue weighted by Crippen LogP contribution is -2.51. The smallest absolute Gasteiger partial charge is 0.410 e. The molecule has 2 bridgehead atoms. The second kappa shape index (κ2) is 6.79. The molecule has 1 aromatic rings. The highest BCUT2D eigenvalue weighted by molar-refractivity contribution is 6.00. The molecular weight excluding hydrogens is 356 g/mol. The van der Waals surface area contributed by atoms with Crippen LogP contribution in [0.25, 0.3) is 6.08 Å². The summed E-state index contributed by atoms with van der Waals surface area (Å²) in [6, 6.07) is 0.497. The molecule has 2 saturated heterocycles. The zero-order valence-electron chi connectivity index (χ0n) is 16.7. The van der Waals surface area contributed by atoms with E-state index in [-0.39, 0.29) is 24.2 Å². The van der Waals surface area contributed by atoms with E-state index in [9.17, 15) is 9.59 Å². The van der Waals surface area contributed by atoms with Crippen molar-refractivity contribution in [2.24, 2.45) is 5.73 Å². The van der Waals surface area contributed by atoms with E-state index in [1.807, 2.05) is 37.8 Å². The normalized spacial score (nSPS) is 25.5. The summed E-state index contributed by atoms with van der Waals surface area (Å²) < 4.78 is 5.61. The van der Waals surface area contributed by atoms with Crippen LogP contribution < -0.4 is 11.1 Å². The number of carbonyl (C=O) groups is 2. The second-order valence-electron chi connectivity index (χ2n) is 8.96. The average Bonchev–Trinajstić information content (AvgIpc) is 3.16. The number of ether oxygens (including phenoxy) is 1. The van der Waals surface area contributed by atoms with Crippen LogP contribution in [0.4, 0.5) is 10.5 Å². The Balaban J connectivity index is 1.53. The minimum Gasteiger partial charge on any atom is -0.444 e. The van der Waals surface area contributed by atoms with Crippen LogP contribution in [0.15, 0.2) is 12.3 Å². The Morgan fingerprint density at radius 1 is 1.25 bits per heavy atom. The largest absolute Gasteiger partial charge is 0.444 e. The van der Waals surface area contributed by atoms with Gasteiger partial charge in [-0.15, -0.1) is 0 Å². The molecule has 28 heavy (non-hydrogen) atoms. The van der Waals surface area contributed by atoms with Gasteiger partial charge in [0.05, 0.1) is 16.9 Å². The molecule has 7 heteroatoms. The van der Waals surface area contributed by atoms with Crippen molar-refractivity contribution in [3.05, 3.63) is 29.1 Å². The van der Waals surface area contributed by atoms with Crippen LogP contribution in [0.2, 0.25) is 0 Å². The van der Waals surface area contributed by atoms with Gasteiger partial charge in [0.1, 0.15) is 5.60 Å². The number of primary amides is 1. The number of anilines is 1. The highest BCUT2D eigenvalue weighted by atomic mass is 16.6. The molecule has 4 rings (SSSR count). The maximum Gasteiger partial charge on any atom is 0.410 e. The highest BCUT2D eigenvalue weighted by Crippen LogP contribution is 2.39. The number of hydrogen-bond acceptors (Lipinski definition) is 5. The van der Waals surface area contributed by atoms with E-state index in [0.29, 0.717) is 5.56 Å². The fourth-order valence-electron chi connectivity index (χ4n) is 4.65. The van der Waals surface area contributed by atoms with Crippen molar-refractivity contribution in [3.8, 4) is 0 Å². The van der Waals surface area contributed by atoms with Crippen molar-refractivity contribution in [1.82, 2.24) is 9.88 Å². The second-order valence-corrected chi connectivity index (χ2v) is 8.96. The lowest BCUT2D eigenvalue weighted by molar-refractivity contribution is 0.00683. The topological polar surface area (TPSA) is 97.5 Å². The third-order valence-corrected chi connectivity index (χ3v) is 5.75. The number of pyridine rings is 1. The highest BCUT2D eigenvalue weighted by Gasteiger charge is 2.45. The zero-order chi connectivity index (χ0) is 20.1. The quantitative estimate of drug-likeness (QED) is 0.835.